The Balaban J connectivity index is 1.89. The zero-order valence-corrected chi connectivity index (χ0v) is 12.6. The van der Waals surface area contributed by atoms with E-state index in [9.17, 15) is 15.0 Å². The molecule has 1 fully saturated rings. The van der Waals surface area contributed by atoms with Crippen molar-refractivity contribution < 1.29 is 19.7 Å². The zero-order valence-electron chi connectivity index (χ0n) is 12.6. The summed E-state index contributed by atoms with van der Waals surface area (Å²) in [6, 6.07) is 15.0. The van der Waals surface area contributed by atoms with Crippen molar-refractivity contribution in [1.82, 2.24) is 5.32 Å². The molecule has 0 radical (unpaired) electrons. The molecule has 0 aromatic heterocycles. The normalized spacial score (nSPS) is 17.1. The monoisotopic (exact) mass is 313 g/mol. The van der Waals surface area contributed by atoms with Crippen LogP contribution in [-0.4, -0.2) is 35.9 Å². The lowest BCUT2D eigenvalue weighted by atomic mass is 9.86. The van der Waals surface area contributed by atoms with Crippen LogP contribution in [0.2, 0.25) is 0 Å². The minimum absolute atomic E-state index is 0.278. The molecule has 1 heterocycles. The highest BCUT2D eigenvalue weighted by atomic mass is 16.5. The first-order chi connectivity index (χ1) is 11.1. The molecule has 23 heavy (non-hydrogen) atoms. The lowest BCUT2D eigenvalue weighted by molar-refractivity contribution is -0.155. The Morgan fingerprint density at radius 3 is 2.43 bits per heavy atom. The fourth-order valence-electron chi connectivity index (χ4n) is 2.58. The summed E-state index contributed by atoms with van der Waals surface area (Å²) in [6.45, 7) is 2.44. The third-order valence-electron chi connectivity index (χ3n) is 4.10. The maximum atomic E-state index is 11.8. The zero-order chi connectivity index (χ0) is 16.3. The number of hydrogen-bond donors (Lipinski definition) is 3. The Labute approximate surface area is 134 Å². The van der Waals surface area contributed by atoms with Crippen LogP contribution in [0.3, 0.4) is 0 Å². The van der Waals surface area contributed by atoms with Gasteiger partial charge in [-0.05, 0) is 17.7 Å². The first kappa shape index (κ1) is 15.5. The smallest absolute Gasteiger partial charge is 0.345 e. The number of benzene rings is 2. The van der Waals surface area contributed by atoms with E-state index in [1.54, 1.807) is 54.6 Å². The molecule has 3 rings (SSSR count). The molecule has 1 unspecified atom stereocenters. The molecular weight excluding hydrogens is 294 g/mol. The van der Waals surface area contributed by atoms with E-state index >= 15 is 0 Å². The van der Waals surface area contributed by atoms with E-state index in [2.05, 4.69) is 5.32 Å². The van der Waals surface area contributed by atoms with Crippen LogP contribution in [0.5, 0.6) is 5.75 Å². The molecule has 5 heteroatoms. The van der Waals surface area contributed by atoms with Crippen molar-refractivity contribution in [2.24, 2.45) is 5.92 Å². The van der Waals surface area contributed by atoms with E-state index < -0.39 is 11.6 Å². The van der Waals surface area contributed by atoms with Crippen molar-refractivity contribution in [2.45, 2.75) is 5.60 Å². The van der Waals surface area contributed by atoms with Crippen molar-refractivity contribution in [1.29, 1.82) is 0 Å². The van der Waals surface area contributed by atoms with Gasteiger partial charge in [-0.25, -0.2) is 4.79 Å². The SMILES string of the molecule is O=C(O)C(O)(c1ccccc1)c1cccc(OCC2CNC2)c1. The van der Waals surface area contributed by atoms with Gasteiger partial charge in [0.25, 0.3) is 0 Å². The maximum absolute atomic E-state index is 11.8. The van der Waals surface area contributed by atoms with E-state index in [-0.39, 0.29) is 5.56 Å². The van der Waals surface area contributed by atoms with Gasteiger partial charge in [0.2, 0.25) is 5.60 Å². The highest BCUT2D eigenvalue weighted by Gasteiger charge is 2.40. The number of carboxylic acids is 1. The highest BCUT2D eigenvalue weighted by molar-refractivity contribution is 5.83. The number of rotatable bonds is 6. The lowest BCUT2D eigenvalue weighted by Gasteiger charge is -2.27. The molecular formula is C18H19NO4. The first-order valence-electron chi connectivity index (χ1n) is 7.56. The van der Waals surface area contributed by atoms with Crippen molar-refractivity contribution in [3.05, 3.63) is 65.7 Å². The van der Waals surface area contributed by atoms with E-state index in [0.717, 1.165) is 13.1 Å². The topological polar surface area (TPSA) is 78.8 Å². The second-order valence-electron chi connectivity index (χ2n) is 5.74. The summed E-state index contributed by atoms with van der Waals surface area (Å²) in [5.41, 5.74) is -1.51. The van der Waals surface area contributed by atoms with Crippen molar-refractivity contribution >= 4 is 5.97 Å². The average molecular weight is 313 g/mol. The molecule has 0 saturated carbocycles. The summed E-state index contributed by atoms with van der Waals surface area (Å²) in [5.74, 6) is -0.278. The van der Waals surface area contributed by atoms with Crippen LogP contribution in [0.25, 0.3) is 0 Å². The van der Waals surface area contributed by atoms with E-state index in [0.29, 0.717) is 23.8 Å². The Morgan fingerprint density at radius 2 is 1.83 bits per heavy atom. The summed E-state index contributed by atoms with van der Waals surface area (Å²) in [4.78, 5) is 11.8. The van der Waals surface area contributed by atoms with Gasteiger partial charge in [0.1, 0.15) is 5.75 Å². The quantitative estimate of drug-likeness (QED) is 0.755. The minimum Gasteiger partial charge on any atom is -0.493 e. The van der Waals surface area contributed by atoms with Crippen LogP contribution in [-0.2, 0) is 10.4 Å². The van der Waals surface area contributed by atoms with Crippen LogP contribution < -0.4 is 10.1 Å². The molecule has 1 aliphatic heterocycles. The van der Waals surface area contributed by atoms with Gasteiger partial charge in [-0.15, -0.1) is 0 Å². The molecule has 120 valence electrons. The second kappa shape index (κ2) is 6.40. The summed E-state index contributed by atoms with van der Waals surface area (Å²) >= 11 is 0. The van der Waals surface area contributed by atoms with Gasteiger partial charge in [0.15, 0.2) is 0 Å². The summed E-state index contributed by atoms with van der Waals surface area (Å²) in [5, 5.41) is 23.6. The standard InChI is InChI=1S/C18H19NO4/c20-17(21)18(22,14-5-2-1-3-6-14)15-7-4-8-16(9-15)23-12-13-10-19-11-13/h1-9,13,19,22H,10-12H2,(H,20,21). The molecule has 2 aromatic carbocycles. The predicted octanol–water partition coefficient (Wildman–Crippen LogP) is 1.61. The molecule has 1 saturated heterocycles. The van der Waals surface area contributed by atoms with Crippen LogP contribution in [0.15, 0.2) is 54.6 Å². The molecule has 0 amide bonds. The molecule has 2 aromatic rings. The van der Waals surface area contributed by atoms with Gasteiger partial charge < -0.3 is 20.3 Å². The molecule has 1 atom stereocenters. The van der Waals surface area contributed by atoms with Gasteiger partial charge in [-0.2, -0.15) is 0 Å². The Kier molecular flexibility index (Phi) is 4.32. The Morgan fingerprint density at radius 1 is 1.13 bits per heavy atom. The first-order valence-corrected chi connectivity index (χ1v) is 7.56. The number of aliphatic hydroxyl groups is 1. The van der Waals surface area contributed by atoms with Crippen LogP contribution in [0.4, 0.5) is 0 Å². The molecule has 0 aliphatic carbocycles. The molecule has 5 nitrogen and oxygen atoms in total. The third kappa shape index (κ3) is 3.06. The number of nitrogens with one attached hydrogen (secondary N) is 1. The Hall–Kier alpha value is -2.37. The lowest BCUT2D eigenvalue weighted by Crippen LogP contribution is -2.45. The van der Waals surface area contributed by atoms with Gasteiger partial charge in [0.05, 0.1) is 6.61 Å². The van der Waals surface area contributed by atoms with E-state index in [1.165, 1.54) is 0 Å². The van der Waals surface area contributed by atoms with E-state index in [1.807, 2.05) is 0 Å². The van der Waals surface area contributed by atoms with Gasteiger partial charge in [-0.1, -0.05) is 42.5 Å². The van der Waals surface area contributed by atoms with Crippen molar-refractivity contribution in [2.75, 3.05) is 19.7 Å². The maximum Gasteiger partial charge on any atom is 0.345 e. The third-order valence-corrected chi connectivity index (χ3v) is 4.10. The summed E-state index contributed by atoms with van der Waals surface area (Å²) < 4.78 is 5.72. The summed E-state index contributed by atoms with van der Waals surface area (Å²) in [7, 11) is 0. The Bertz CT molecular complexity index is 684. The number of aliphatic carboxylic acids is 1. The second-order valence-corrected chi connectivity index (χ2v) is 5.74. The molecule has 3 N–H and O–H groups in total. The van der Waals surface area contributed by atoms with Crippen LogP contribution in [0.1, 0.15) is 11.1 Å². The van der Waals surface area contributed by atoms with Crippen molar-refractivity contribution in [3.8, 4) is 5.75 Å². The number of ether oxygens (including phenoxy) is 1. The minimum atomic E-state index is -2.10. The fourth-order valence-corrected chi connectivity index (χ4v) is 2.58. The number of carboxylic acid groups (broad SMARTS) is 1. The predicted molar refractivity (Wildman–Crippen MR) is 85.4 cm³/mol. The molecule has 0 spiro atoms. The number of hydrogen-bond acceptors (Lipinski definition) is 4. The van der Waals surface area contributed by atoms with E-state index in [4.69, 9.17) is 4.74 Å². The van der Waals surface area contributed by atoms with Crippen LogP contribution in [0, 0.1) is 5.92 Å². The van der Waals surface area contributed by atoms with Gasteiger partial charge >= 0.3 is 5.97 Å². The average Bonchev–Trinajstić information content (AvgIpc) is 2.53. The fraction of sp³-hybridized carbons (Fsp3) is 0.278. The molecule has 1 aliphatic rings. The van der Waals surface area contributed by atoms with Gasteiger partial charge in [-0.3, -0.25) is 0 Å². The van der Waals surface area contributed by atoms with Crippen molar-refractivity contribution in [3.63, 3.8) is 0 Å². The number of carbonyl (C=O) groups is 1. The van der Waals surface area contributed by atoms with Gasteiger partial charge in [0, 0.05) is 24.6 Å². The highest BCUT2D eigenvalue weighted by Crippen LogP contribution is 2.32. The summed E-state index contributed by atoms with van der Waals surface area (Å²) in [6.07, 6.45) is 0. The largest absolute Gasteiger partial charge is 0.493 e. The molecule has 0 bridgehead atoms. The van der Waals surface area contributed by atoms with Crippen LogP contribution >= 0.6 is 0 Å².